The van der Waals surface area contributed by atoms with Crippen LogP contribution in [0.4, 0.5) is 0 Å². The number of allylic oxidation sites excluding steroid dienone is 1. The van der Waals surface area contributed by atoms with Crippen molar-refractivity contribution in [3.63, 3.8) is 0 Å². The van der Waals surface area contributed by atoms with Gasteiger partial charge in [0.15, 0.2) is 0 Å². The molecule has 0 spiro atoms. The second-order valence-electron chi connectivity index (χ2n) is 6.81. The van der Waals surface area contributed by atoms with Gasteiger partial charge in [-0.3, -0.25) is 0 Å². The average Bonchev–Trinajstić information content (AvgIpc) is 2.85. The van der Waals surface area contributed by atoms with E-state index in [-0.39, 0.29) is 17.5 Å². The number of aliphatic hydroxyl groups is 1. The molecule has 0 unspecified atom stereocenters. The molecule has 3 atom stereocenters. The van der Waals surface area contributed by atoms with Crippen molar-refractivity contribution in [1.82, 2.24) is 0 Å². The highest BCUT2D eigenvalue weighted by atomic mass is 16.5. The summed E-state index contributed by atoms with van der Waals surface area (Å²) in [5.74, 6) is 0.101. The summed E-state index contributed by atoms with van der Waals surface area (Å²) in [5, 5.41) is 10.3. The lowest BCUT2D eigenvalue weighted by atomic mass is 9.66. The van der Waals surface area contributed by atoms with E-state index in [2.05, 4.69) is 13.0 Å². The Morgan fingerprint density at radius 2 is 2.05 bits per heavy atom. The number of methoxy groups -OCH3 is 1. The lowest BCUT2D eigenvalue weighted by molar-refractivity contribution is 0.0152. The smallest absolute Gasteiger partial charge is 0.337 e. The Bertz CT molecular complexity index is 587. The molecule has 0 saturated heterocycles. The zero-order chi connectivity index (χ0) is 15.7. The number of carbonyl (C=O) groups is 1. The van der Waals surface area contributed by atoms with Crippen LogP contribution in [0.2, 0.25) is 0 Å². The summed E-state index contributed by atoms with van der Waals surface area (Å²) in [6.45, 7) is 2.31. The highest BCUT2D eigenvalue weighted by Gasteiger charge is 2.47. The van der Waals surface area contributed by atoms with Gasteiger partial charge in [-0.05, 0) is 61.1 Å². The van der Waals surface area contributed by atoms with Gasteiger partial charge in [0, 0.05) is 0 Å². The van der Waals surface area contributed by atoms with Crippen LogP contribution < -0.4 is 0 Å². The van der Waals surface area contributed by atoms with Gasteiger partial charge < -0.3 is 9.84 Å². The summed E-state index contributed by atoms with van der Waals surface area (Å²) in [6, 6.07) is 7.55. The molecule has 1 N–H and O–H groups in total. The maximum atomic E-state index is 11.5. The summed E-state index contributed by atoms with van der Waals surface area (Å²) < 4.78 is 4.73. The topological polar surface area (TPSA) is 46.5 Å². The van der Waals surface area contributed by atoms with Crippen LogP contribution in [0.1, 0.15) is 54.9 Å². The molecule has 2 aliphatic carbocycles. The minimum atomic E-state index is -0.303. The fraction of sp³-hybridized carbons (Fsp3) is 0.526. The molecule has 2 saturated carbocycles. The molecule has 3 rings (SSSR count). The van der Waals surface area contributed by atoms with Crippen molar-refractivity contribution in [2.75, 3.05) is 7.11 Å². The van der Waals surface area contributed by atoms with Crippen LogP contribution in [0.15, 0.2) is 29.8 Å². The van der Waals surface area contributed by atoms with E-state index < -0.39 is 0 Å². The summed E-state index contributed by atoms with van der Waals surface area (Å²) in [4.78, 5) is 11.5. The van der Waals surface area contributed by atoms with Gasteiger partial charge in [0.2, 0.25) is 0 Å². The van der Waals surface area contributed by atoms with Crippen LogP contribution in [0.25, 0.3) is 6.08 Å². The first kappa shape index (κ1) is 15.3. The molecule has 3 heteroatoms. The Morgan fingerprint density at radius 3 is 2.73 bits per heavy atom. The van der Waals surface area contributed by atoms with E-state index in [4.69, 9.17) is 4.74 Å². The van der Waals surface area contributed by atoms with Gasteiger partial charge in [0.25, 0.3) is 0 Å². The summed E-state index contributed by atoms with van der Waals surface area (Å²) in [6.07, 6.45) is 7.47. The van der Waals surface area contributed by atoms with Crippen LogP contribution in [0.3, 0.4) is 0 Å². The fourth-order valence-electron chi connectivity index (χ4n) is 4.27. The number of esters is 1. The molecule has 1 aromatic carbocycles. The van der Waals surface area contributed by atoms with E-state index in [0.29, 0.717) is 11.5 Å². The Labute approximate surface area is 132 Å². The van der Waals surface area contributed by atoms with Gasteiger partial charge in [0.1, 0.15) is 0 Å². The van der Waals surface area contributed by atoms with Crippen molar-refractivity contribution in [3.05, 3.63) is 41.0 Å². The molecule has 0 radical (unpaired) electrons. The zero-order valence-electron chi connectivity index (χ0n) is 13.3. The van der Waals surface area contributed by atoms with Crippen LogP contribution in [0.5, 0.6) is 0 Å². The predicted molar refractivity (Wildman–Crippen MR) is 86.4 cm³/mol. The molecule has 1 aromatic rings. The Hall–Kier alpha value is -1.61. The second-order valence-corrected chi connectivity index (χ2v) is 6.81. The zero-order valence-corrected chi connectivity index (χ0v) is 13.3. The Kier molecular flexibility index (Phi) is 4.09. The van der Waals surface area contributed by atoms with Crippen molar-refractivity contribution in [2.45, 2.75) is 45.1 Å². The SMILES string of the molecule is COC(=O)c1ccc(/C=C2/CC[C@H]3[C@@H](O)CCC[C@]23C)cc1. The minimum Gasteiger partial charge on any atom is -0.465 e. The summed E-state index contributed by atoms with van der Waals surface area (Å²) in [5.41, 5.74) is 3.28. The van der Waals surface area contributed by atoms with Gasteiger partial charge in [-0.15, -0.1) is 0 Å². The highest BCUT2D eigenvalue weighted by molar-refractivity contribution is 5.89. The van der Waals surface area contributed by atoms with E-state index in [1.54, 1.807) is 0 Å². The molecule has 2 fully saturated rings. The normalized spacial score (nSPS) is 32.8. The number of ether oxygens (including phenoxy) is 1. The molecule has 0 heterocycles. The summed E-state index contributed by atoms with van der Waals surface area (Å²) in [7, 11) is 1.39. The van der Waals surface area contributed by atoms with Crippen molar-refractivity contribution >= 4 is 12.0 Å². The van der Waals surface area contributed by atoms with Crippen LogP contribution >= 0.6 is 0 Å². The first-order valence-corrected chi connectivity index (χ1v) is 8.12. The van der Waals surface area contributed by atoms with E-state index in [1.165, 1.54) is 19.1 Å². The molecule has 0 amide bonds. The number of aliphatic hydroxyl groups excluding tert-OH is 1. The van der Waals surface area contributed by atoms with E-state index in [1.807, 2.05) is 24.3 Å². The maximum absolute atomic E-state index is 11.5. The number of benzene rings is 1. The number of hydrogen-bond donors (Lipinski definition) is 1. The van der Waals surface area contributed by atoms with Crippen molar-refractivity contribution in [3.8, 4) is 0 Å². The minimum absolute atomic E-state index is 0.138. The largest absolute Gasteiger partial charge is 0.465 e. The Morgan fingerprint density at radius 1 is 1.32 bits per heavy atom. The second kappa shape index (κ2) is 5.88. The van der Waals surface area contributed by atoms with Gasteiger partial charge in [0.05, 0.1) is 18.8 Å². The predicted octanol–water partition coefficient (Wildman–Crippen LogP) is 3.82. The maximum Gasteiger partial charge on any atom is 0.337 e. The molecule has 118 valence electrons. The third kappa shape index (κ3) is 2.58. The third-order valence-corrected chi connectivity index (χ3v) is 5.61. The van der Waals surface area contributed by atoms with E-state index >= 15 is 0 Å². The standard InChI is InChI=1S/C19H24O3/c1-19-11-3-4-17(20)16(19)10-9-15(19)12-13-5-7-14(8-6-13)18(21)22-2/h5-8,12,16-17,20H,3-4,9-11H2,1-2H3/b15-12-/t16-,17-,19+/m0/s1. The van der Waals surface area contributed by atoms with Crippen LogP contribution in [-0.4, -0.2) is 24.3 Å². The van der Waals surface area contributed by atoms with Gasteiger partial charge in [-0.1, -0.05) is 30.7 Å². The van der Waals surface area contributed by atoms with Crippen molar-refractivity contribution < 1.29 is 14.6 Å². The highest BCUT2D eigenvalue weighted by Crippen LogP contribution is 2.55. The number of carbonyl (C=O) groups excluding carboxylic acids is 1. The van der Waals surface area contributed by atoms with Gasteiger partial charge in [-0.2, -0.15) is 0 Å². The molecule has 22 heavy (non-hydrogen) atoms. The lowest BCUT2D eigenvalue weighted by Crippen LogP contribution is -2.37. The Balaban J connectivity index is 1.84. The lowest BCUT2D eigenvalue weighted by Gasteiger charge is -2.40. The summed E-state index contributed by atoms with van der Waals surface area (Å²) >= 11 is 0. The molecule has 0 aliphatic heterocycles. The van der Waals surface area contributed by atoms with Crippen molar-refractivity contribution in [1.29, 1.82) is 0 Å². The van der Waals surface area contributed by atoms with Gasteiger partial charge >= 0.3 is 5.97 Å². The molecule has 2 aliphatic rings. The molecule has 0 bridgehead atoms. The van der Waals surface area contributed by atoms with Gasteiger partial charge in [-0.25, -0.2) is 4.79 Å². The average molecular weight is 300 g/mol. The van der Waals surface area contributed by atoms with Crippen molar-refractivity contribution in [2.24, 2.45) is 11.3 Å². The molecule has 3 nitrogen and oxygen atoms in total. The molecule has 0 aromatic heterocycles. The fourth-order valence-corrected chi connectivity index (χ4v) is 4.27. The first-order chi connectivity index (χ1) is 10.5. The van der Waals surface area contributed by atoms with Crippen LogP contribution in [-0.2, 0) is 4.74 Å². The molecular weight excluding hydrogens is 276 g/mol. The van der Waals surface area contributed by atoms with E-state index in [9.17, 15) is 9.90 Å². The molecular formula is C19H24O3. The third-order valence-electron chi connectivity index (χ3n) is 5.61. The van der Waals surface area contributed by atoms with E-state index in [0.717, 1.165) is 31.2 Å². The first-order valence-electron chi connectivity index (χ1n) is 8.12. The number of hydrogen-bond acceptors (Lipinski definition) is 3. The quantitative estimate of drug-likeness (QED) is 0.845. The monoisotopic (exact) mass is 300 g/mol. The van der Waals surface area contributed by atoms with Crippen LogP contribution in [0, 0.1) is 11.3 Å². The number of rotatable bonds is 2. The number of fused-ring (bicyclic) bond motifs is 1.